The molecular weight excluding hydrogens is 422 g/mol. The maximum absolute atomic E-state index is 12.9. The second kappa shape index (κ2) is 11.2. The Morgan fingerprint density at radius 2 is 1.72 bits per heavy atom. The molecule has 0 aromatic heterocycles. The van der Waals surface area contributed by atoms with Gasteiger partial charge in [-0.1, -0.05) is 43.7 Å². The van der Waals surface area contributed by atoms with E-state index in [1.54, 1.807) is 24.3 Å². The van der Waals surface area contributed by atoms with Gasteiger partial charge in [0.2, 0.25) is 11.8 Å². The quantitative estimate of drug-likeness (QED) is 0.673. The van der Waals surface area contributed by atoms with E-state index in [0.29, 0.717) is 17.7 Å². The van der Waals surface area contributed by atoms with Crippen LogP contribution in [0.2, 0.25) is 0 Å². The Kier molecular flexibility index (Phi) is 8.33. The van der Waals surface area contributed by atoms with Crippen molar-refractivity contribution in [2.45, 2.75) is 33.2 Å². The van der Waals surface area contributed by atoms with Crippen LogP contribution < -0.4 is 10.6 Å². The number of hydrogen-bond donors (Lipinski definition) is 2. The highest BCUT2D eigenvalue weighted by Crippen LogP contribution is 2.15. The van der Waals surface area contributed by atoms with Crippen LogP contribution in [0.25, 0.3) is 0 Å². The van der Waals surface area contributed by atoms with Gasteiger partial charge in [-0.25, -0.2) is 0 Å². The van der Waals surface area contributed by atoms with Crippen molar-refractivity contribution >= 4 is 35.2 Å². The molecule has 32 heavy (non-hydrogen) atoms. The number of carbonyl (C=O) groups excluding carboxylic acids is 3. The Morgan fingerprint density at radius 1 is 1.03 bits per heavy atom. The fraction of sp³-hybridized carbons (Fsp3) is 0.400. The summed E-state index contributed by atoms with van der Waals surface area (Å²) in [7, 11) is 0. The molecule has 0 saturated carbocycles. The van der Waals surface area contributed by atoms with Gasteiger partial charge in [0.1, 0.15) is 6.04 Å². The maximum Gasteiger partial charge on any atom is 0.251 e. The molecule has 1 aliphatic heterocycles. The number of nitrogens with one attached hydrogen (secondary N) is 2. The Balaban J connectivity index is 1.58. The first kappa shape index (κ1) is 23.9. The molecule has 6 nitrogen and oxygen atoms in total. The number of nitrogens with zero attached hydrogens (tertiary/aromatic N) is 1. The normalized spacial score (nSPS) is 14.7. The summed E-state index contributed by atoms with van der Waals surface area (Å²) in [4.78, 5) is 39.8. The van der Waals surface area contributed by atoms with Gasteiger partial charge in [0.15, 0.2) is 0 Å². The highest BCUT2D eigenvalue weighted by Gasteiger charge is 2.25. The second-order valence-corrected chi connectivity index (χ2v) is 9.65. The first-order chi connectivity index (χ1) is 15.3. The molecule has 2 aromatic rings. The number of carbonyl (C=O) groups is 3. The molecule has 1 fully saturated rings. The summed E-state index contributed by atoms with van der Waals surface area (Å²) in [5.41, 5.74) is 3.07. The van der Waals surface area contributed by atoms with E-state index < -0.39 is 6.04 Å². The zero-order chi connectivity index (χ0) is 23.1. The van der Waals surface area contributed by atoms with Crippen molar-refractivity contribution in [3.05, 3.63) is 65.2 Å². The van der Waals surface area contributed by atoms with Gasteiger partial charge in [0.25, 0.3) is 5.91 Å². The van der Waals surface area contributed by atoms with Crippen molar-refractivity contribution in [3.8, 4) is 0 Å². The van der Waals surface area contributed by atoms with Crippen LogP contribution in [0.5, 0.6) is 0 Å². The zero-order valence-electron chi connectivity index (χ0n) is 18.9. The first-order valence-electron chi connectivity index (χ1n) is 11.0. The summed E-state index contributed by atoms with van der Waals surface area (Å²) in [5, 5.41) is 5.73. The van der Waals surface area contributed by atoms with E-state index in [0.717, 1.165) is 35.7 Å². The summed E-state index contributed by atoms with van der Waals surface area (Å²) in [5.74, 6) is 1.51. The van der Waals surface area contributed by atoms with Gasteiger partial charge in [0.05, 0.1) is 6.42 Å². The first-order valence-corrected chi connectivity index (χ1v) is 12.1. The van der Waals surface area contributed by atoms with E-state index in [1.165, 1.54) is 0 Å². The van der Waals surface area contributed by atoms with Crippen LogP contribution in [0.15, 0.2) is 48.5 Å². The molecule has 3 amide bonds. The van der Waals surface area contributed by atoms with E-state index in [9.17, 15) is 14.4 Å². The zero-order valence-corrected chi connectivity index (χ0v) is 19.7. The lowest BCUT2D eigenvalue weighted by Gasteiger charge is -2.26. The minimum atomic E-state index is -0.666. The molecule has 0 bridgehead atoms. The third-order valence-corrected chi connectivity index (χ3v) is 6.40. The number of thioether (sulfide) groups is 1. The number of anilines is 1. The molecule has 1 atom stereocenters. The molecule has 0 spiro atoms. The van der Waals surface area contributed by atoms with E-state index in [4.69, 9.17) is 0 Å². The predicted octanol–water partition coefficient (Wildman–Crippen LogP) is 3.51. The maximum atomic E-state index is 12.9. The summed E-state index contributed by atoms with van der Waals surface area (Å²) in [6, 6.07) is 13.9. The number of amides is 3. The molecule has 0 radical (unpaired) electrons. The van der Waals surface area contributed by atoms with Crippen LogP contribution in [-0.4, -0.2) is 53.3 Å². The van der Waals surface area contributed by atoms with Crippen LogP contribution in [0.3, 0.4) is 0 Å². The van der Waals surface area contributed by atoms with Gasteiger partial charge < -0.3 is 15.5 Å². The minimum absolute atomic E-state index is 0.0802. The SMILES string of the molecule is Cc1cccc(C(=O)NC(C(=O)Nc2ccc(CC(=O)N3CCSCC3)cc2)C(C)C)c1. The summed E-state index contributed by atoms with van der Waals surface area (Å²) >= 11 is 1.88. The van der Waals surface area contributed by atoms with Gasteiger partial charge in [-0.15, -0.1) is 0 Å². The molecule has 7 heteroatoms. The summed E-state index contributed by atoms with van der Waals surface area (Å²) in [6.45, 7) is 7.33. The molecule has 1 heterocycles. The van der Waals surface area contributed by atoms with E-state index in [2.05, 4.69) is 10.6 Å². The number of hydrogen-bond acceptors (Lipinski definition) is 4. The van der Waals surface area contributed by atoms with Crippen molar-refractivity contribution in [2.75, 3.05) is 29.9 Å². The van der Waals surface area contributed by atoms with Crippen molar-refractivity contribution in [3.63, 3.8) is 0 Å². The van der Waals surface area contributed by atoms with Crippen molar-refractivity contribution < 1.29 is 14.4 Å². The average molecular weight is 454 g/mol. The van der Waals surface area contributed by atoms with Crippen LogP contribution in [-0.2, 0) is 16.0 Å². The van der Waals surface area contributed by atoms with E-state index in [-0.39, 0.29) is 23.6 Å². The third kappa shape index (κ3) is 6.60. The van der Waals surface area contributed by atoms with Crippen molar-refractivity contribution in [1.29, 1.82) is 0 Å². The number of aryl methyl sites for hydroxylation is 1. The molecule has 1 saturated heterocycles. The van der Waals surface area contributed by atoms with Crippen LogP contribution >= 0.6 is 11.8 Å². The highest BCUT2D eigenvalue weighted by atomic mass is 32.2. The minimum Gasteiger partial charge on any atom is -0.341 e. The van der Waals surface area contributed by atoms with Gasteiger partial charge in [0, 0.05) is 35.8 Å². The summed E-state index contributed by atoms with van der Waals surface area (Å²) < 4.78 is 0. The molecule has 2 N–H and O–H groups in total. The lowest BCUT2D eigenvalue weighted by atomic mass is 10.0. The predicted molar refractivity (Wildman–Crippen MR) is 130 cm³/mol. The van der Waals surface area contributed by atoms with Crippen LogP contribution in [0, 0.1) is 12.8 Å². The third-order valence-electron chi connectivity index (χ3n) is 5.46. The smallest absolute Gasteiger partial charge is 0.251 e. The topological polar surface area (TPSA) is 78.5 Å². The fourth-order valence-corrected chi connectivity index (χ4v) is 4.47. The summed E-state index contributed by atoms with van der Waals surface area (Å²) in [6.07, 6.45) is 0.361. The Labute approximate surface area is 194 Å². The van der Waals surface area contributed by atoms with Crippen LogP contribution in [0.4, 0.5) is 5.69 Å². The van der Waals surface area contributed by atoms with Gasteiger partial charge in [-0.3, -0.25) is 14.4 Å². The highest BCUT2D eigenvalue weighted by molar-refractivity contribution is 7.99. The monoisotopic (exact) mass is 453 g/mol. The Morgan fingerprint density at radius 3 is 2.34 bits per heavy atom. The molecule has 0 aliphatic carbocycles. The second-order valence-electron chi connectivity index (χ2n) is 8.42. The standard InChI is InChI=1S/C25H31N3O3S/c1-17(2)23(27-24(30)20-6-4-5-18(3)15-20)25(31)26-21-9-7-19(8-10-21)16-22(29)28-11-13-32-14-12-28/h4-10,15,17,23H,11-14,16H2,1-3H3,(H,26,31)(H,27,30). The molecule has 1 aliphatic rings. The molecule has 1 unspecified atom stereocenters. The van der Waals surface area contributed by atoms with Gasteiger partial charge >= 0.3 is 0 Å². The van der Waals surface area contributed by atoms with Crippen LogP contribution in [0.1, 0.15) is 35.3 Å². The number of benzene rings is 2. The fourth-order valence-electron chi connectivity index (χ4n) is 3.57. The number of rotatable bonds is 7. The largest absolute Gasteiger partial charge is 0.341 e. The van der Waals surface area contributed by atoms with Gasteiger partial charge in [-0.05, 0) is 42.7 Å². The molecular formula is C25H31N3O3S. The lowest BCUT2D eigenvalue weighted by Crippen LogP contribution is -2.47. The Bertz CT molecular complexity index is 953. The van der Waals surface area contributed by atoms with Crippen molar-refractivity contribution in [2.24, 2.45) is 5.92 Å². The van der Waals surface area contributed by atoms with E-state index >= 15 is 0 Å². The Hall–Kier alpha value is -2.80. The molecule has 3 rings (SSSR count). The van der Waals surface area contributed by atoms with Crippen molar-refractivity contribution in [1.82, 2.24) is 10.2 Å². The lowest BCUT2D eigenvalue weighted by molar-refractivity contribution is -0.130. The molecule has 170 valence electrons. The van der Waals surface area contributed by atoms with E-state index in [1.807, 2.05) is 61.7 Å². The molecule has 2 aromatic carbocycles. The van der Waals surface area contributed by atoms with Gasteiger partial charge in [-0.2, -0.15) is 11.8 Å². The average Bonchev–Trinajstić information content (AvgIpc) is 2.78.